The van der Waals surface area contributed by atoms with E-state index in [4.69, 9.17) is 4.74 Å². The van der Waals surface area contributed by atoms with E-state index in [0.717, 1.165) is 32.8 Å². The summed E-state index contributed by atoms with van der Waals surface area (Å²) < 4.78 is 19.9. The molecule has 27 heavy (non-hydrogen) atoms. The summed E-state index contributed by atoms with van der Waals surface area (Å²) in [5.74, 6) is -0.645. The number of amides is 1. The van der Waals surface area contributed by atoms with Crippen LogP contribution in [0.5, 0.6) is 0 Å². The molecule has 0 bridgehead atoms. The van der Waals surface area contributed by atoms with Crippen molar-refractivity contribution in [2.24, 2.45) is 5.41 Å². The maximum absolute atomic E-state index is 14.2. The molecule has 0 aliphatic carbocycles. The van der Waals surface area contributed by atoms with Gasteiger partial charge in [-0.15, -0.1) is 0 Å². The van der Waals surface area contributed by atoms with Crippen molar-refractivity contribution in [2.45, 2.75) is 32.4 Å². The number of benzene rings is 1. The van der Waals surface area contributed by atoms with Crippen molar-refractivity contribution in [1.29, 1.82) is 0 Å². The number of halogens is 1. The first-order valence-electron chi connectivity index (χ1n) is 9.88. The predicted octanol–water partition coefficient (Wildman–Crippen LogP) is 2.08. The zero-order chi connectivity index (χ0) is 19.2. The van der Waals surface area contributed by atoms with Crippen LogP contribution in [0.15, 0.2) is 24.3 Å². The minimum Gasteiger partial charge on any atom is -0.378 e. The molecule has 3 heterocycles. The molecule has 1 aromatic carbocycles. The van der Waals surface area contributed by atoms with Crippen LogP contribution in [0.3, 0.4) is 0 Å². The van der Waals surface area contributed by atoms with Gasteiger partial charge in [0.15, 0.2) is 0 Å². The average Bonchev–Trinajstić information content (AvgIpc) is 2.59. The summed E-state index contributed by atoms with van der Waals surface area (Å²) in [5, 5.41) is 0. The molecule has 0 saturated carbocycles. The van der Waals surface area contributed by atoms with Crippen molar-refractivity contribution < 1.29 is 13.9 Å². The summed E-state index contributed by atoms with van der Waals surface area (Å²) in [5.41, 5.74) is 0.395. The van der Waals surface area contributed by atoms with Gasteiger partial charge in [-0.1, -0.05) is 32.9 Å². The number of hydrogen-bond acceptors (Lipinski definition) is 4. The number of piperazine rings is 1. The smallest absolute Gasteiger partial charge is 0.256 e. The highest BCUT2D eigenvalue weighted by Crippen LogP contribution is 2.37. The lowest BCUT2D eigenvalue weighted by molar-refractivity contribution is -0.162. The van der Waals surface area contributed by atoms with Gasteiger partial charge in [0, 0.05) is 39.3 Å². The Balaban J connectivity index is 1.54. The van der Waals surface area contributed by atoms with Crippen LogP contribution in [-0.4, -0.2) is 84.7 Å². The Bertz CT molecular complexity index is 712. The Morgan fingerprint density at radius 1 is 1.26 bits per heavy atom. The second-order valence-electron chi connectivity index (χ2n) is 9.52. The fourth-order valence-corrected chi connectivity index (χ4v) is 5.01. The summed E-state index contributed by atoms with van der Waals surface area (Å²) in [6.07, 6.45) is 0. The lowest BCUT2D eigenvalue weighted by atomic mass is 9.80. The van der Waals surface area contributed by atoms with E-state index in [0.29, 0.717) is 19.7 Å². The standard InChI is InChI=1S/C21H30FN3O2/c1-20(2,3)12-23-13-21(14-23)15-24(10-16-11-27-9-8-25(16)21)19(26)17-6-4-5-7-18(17)22/h4-7,16H,8-15H2,1-3H3/t16-/m1/s1. The molecule has 0 N–H and O–H groups in total. The maximum atomic E-state index is 14.2. The van der Waals surface area contributed by atoms with E-state index in [9.17, 15) is 9.18 Å². The average molecular weight is 375 g/mol. The van der Waals surface area contributed by atoms with Gasteiger partial charge in [0.05, 0.1) is 30.4 Å². The molecule has 1 aromatic rings. The minimum atomic E-state index is -0.443. The summed E-state index contributed by atoms with van der Waals surface area (Å²) in [4.78, 5) is 19.9. The molecule has 1 atom stereocenters. The number of morpholine rings is 1. The van der Waals surface area contributed by atoms with E-state index in [-0.39, 0.29) is 28.5 Å². The van der Waals surface area contributed by atoms with Crippen LogP contribution >= 0.6 is 0 Å². The molecular formula is C21H30FN3O2. The van der Waals surface area contributed by atoms with Gasteiger partial charge < -0.3 is 9.64 Å². The summed E-state index contributed by atoms with van der Waals surface area (Å²) in [7, 11) is 0. The Hall–Kier alpha value is -1.50. The molecule has 0 radical (unpaired) electrons. The lowest BCUT2D eigenvalue weighted by Crippen LogP contribution is -2.81. The molecule has 3 fully saturated rings. The molecule has 0 unspecified atom stereocenters. The van der Waals surface area contributed by atoms with E-state index in [2.05, 4.69) is 30.6 Å². The summed E-state index contributed by atoms with van der Waals surface area (Å²) in [6.45, 7) is 13.3. The molecule has 3 saturated heterocycles. The normalized spacial score (nSPS) is 25.9. The molecule has 3 aliphatic heterocycles. The van der Waals surface area contributed by atoms with Crippen LogP contribution in [0.4, 0.5) is 4.39 Å². The zero-order valence-corrected chi connectivity index (χ0v) is 16.6. The third-order valence-corrected chi connectivity index (χ3v) is 5.88. The van der Waals surface area contributed by atoms with Crippen LogP contribution in [0.2, 0.25) is 0 Å². The molecule has 148 valence electrons. The summed E-state index contributed by atoms with van der Waals surface area (Å²) >= 11 is 0. The number of carbonyl (C=O) groups is 1. The van der Waals surface area contributed by atoms with Crippen molar-refractivity contribution in [1.82, 2.24) is 14.7 Å². The number of hydrogen-bond donors (Lipinski definition) is 0. The van der Waals surface area contributed by atoms with Gasteiger partial charge in [-0.3, -0.25) is 14.6 Å². The van der Waals surface area contributed by atoms with E-state index < -0.39 is 5.82 Å². The number of likely N-dealkylation sites (tertiary alicyclic amines) is 1. The van der Waals surface area contributed by atoms with Gasteiger partial charge in [0.25, 0.3) is 5.91 Å². The van der Waals surface area contributed by atoms with Crippen molar-refractivity contribution >= 4 is 5.91 Å². The van der Waals surface area contributed by atoms with Gasteiger partial charge >= 0.3 is 0 Å². The van der Waals surface area contributed by atoms with Crippen molar-refractivity contribution in [3.05, 3.63) is 35.6 Å². The SMILES string of the molecule is CC(C)(C)CN1CC2(C1)CN(C(=O)c1ccccc1F)C[C@@H]1COCCN12. The highest BCUT2D eigenvalue weighted by molar-refractivity contribution is 5.94. The molecule has 1 amide bonds. The van der Waals surface area contributed by atoms with Crippen molar-refractivity contribution in [2.75, 3.05) is 52.5 Å². The van der Waals surface area contributed by atoms with Crippen LogP contribution in [-0.2, 0) is 4.74 Å². The quantitative estimate of drug-likeness (QED) is 0.793. The highest BCUT2D eigenvalue weighted by Gasteiger charge is 2.55. The number of carbonyl (C=O) groups excluding carboxylic acids is 1. The van der Waals surface area contributed by atoms with E-state index >= 15 is 0 Å². The van der Waals surface area contributed by atoms with Crippen molar-refractivity contribution in [3.63, 3.8) is 0 Å². The lowest BCUT2D eigenvalue weighted by Gasteiger charge is -2.64. The third kappa shape index (κ3) is 3.62. The summed E-state index contributed by atoms with van der Waals surface area (Å²) in [6, 6.07) is 6.48. The number of nitrogens with zero attached hydrogens (tertiary/aromatic N) is 3. The molecule has 4 rings (SSSR count). The second-order valence-corrected chi connectivity index (χ2v) is 9.52. The predicted molar refractivity (Wildman–Crippen MR) is 102 cm³/mol. The third-order valence-electron chi connectivity index (χ3n) is 5.88. The Morgan fingerprint density at radius 2 is 2.00 bits per heavy atom. The van der Waals surface area contributed by atoms with Gasteiger partial charge in [-0.2, -0.15) is 0 Å². The second kappa shape index (κ2) is 6.83. The van der Waals surface area contributed by atoms with Crippen LogP contribution in [0.25, 0.3) is 0 Å². The fraction of sp³-hybridized carbons (Fsp3) is 0.667. The number of ether oxygens (including phenoxy) is 1. The number of rotatable bonds is 2. The van der Waals surface area contributed by atoms with Crippen molar-refractivity contribution in [3.8, 4) is 0 Å². The first-order chi connectivity index (χ1) is 12.8. The zero-order valence-electron chi connectivity index (χ0n) is 16.6. The Labute approximate surface area is 161 Å². The Kier molecular flexibility index (Phi) is 4.77. The van der Waals surface area contributed by atoms with E-state index in [1.807, 2.05) is 4.90 Å². The number of fused-ring (bicyclic) bond motifs is 2. The van der Waals surface area contributed by atoms with E-state index in [1.165, 1.54) is 6.07 Å². The fourth-order valence-electron chi connectivity index (χ4n) is 5.01. The molecule has 3 aliphatic rings. The molecular weight excluding hydrogens is 345 g/mol. The van der Waals surface area contributed by atoms with Gasteiger partial charge in [-0.25, -0.2) is 4.39 Å². The van der Waals surface area contributed by atoms with Gasteiger partial charge in [-0.05, 0) is 17.5 Å². The van der Waals surface area contributed by atoms with Crippen LogP contribution < -0.4 is 0 Å². The molecule has 1 spiro atoms. The molecule has 6 heteroatoms. The highest BCUT2D eigenvalue weighted by atomic mass is 19.1. The monoisotopic (exact) mass is 375 g/mol. The van der Waals surface area contributed by atoms with Crippen LogP contribution in [0, 0.1) is 11.2 Å². The Morgan fingerprint density at radius 3 is 2.70 bits per heavy atom. The molecule has 0 aromatic heterocycles. The maximum Gasteiger partial charge on any atom is 0.256 e. The minimum absolute atomic E-state index is 0.0289. The van der Waals surface area contributed by atoms with E-state index in [1.54, 1.807) is 18.2 Å². The first-order valence-corrected chi connectivity index (χ1v) is 9.88. The molecule has 5 nitrogen and oxygen atoms in total. The topological polar surface area (TPSA) is 36.0 Å². The van der Waals surface area contributed by atoms with Gasteiger partial charge in [0.1, 0.15) is 5.82 Å². The van der Waals surface area contributed by atoms with Crippen LogP contribution in [0.1, 0.15) is 31.1 Å². The largest absolute Gasteiger partial charge is 0.378 e. The van der Waals surface area contributed by atoms with Gasteiger partial charge in [0.2, 0.25) is 0 Å². The first kappa shape index (κ1) is 18.8.